The smallest absolute Gasteiger partial charge is 0.335 e. The number of para-hydroxylation sites is 1. The highest BCUT2D eigenvalue weighted by Gasteiger charge is 2.34. The van der Waals surface area contributed by atoms with E-state index >= 15 is 0 Å². The topological polar surface area (TPSA) is 131 Å². The summed E-state index contributed by atoms with van der Waals surface area (Å²) in [4.78, 5) is 42.1. The summed E-state index contributed by atoms with van der Waals surface area (Å²) in [5, 5.41) is 26.9. The van der Waals surface area contributed by atoms with Gasteiger partial charge in [0.1, 0.15) is 6.10 Å². The predicted molar refractivity (Wildman–Crippen MR) is 174 cm³/mol. The van der Waals surface area contributed by atoms with E-state index in [-0.39, 0.29) is 29.7 Å². The second-order valence-electron chi connectivity index (χ2n) is 11.6. The summed E-state index contributed by atoms with van der Waals surface area (Å²) in [5.74, 6) is -1.13. The number of benzene rings is 4. The van der Waals surface area contributed by atoms with Crippen LogP contribution >= 0.6 is 0 Å². The molecule has 1 heterocycles. The molecule has 0 aromatic heterocycles. The molecule has 0 fully saturated rings. The molecule has 1 aliphatic rings. The van der Waals surface area contributed by atoms with Crippen molar-refractivity contribution in [2.75, 3.05) is 37.4 Å². The number of nitrogens with one attached hydrogen (secondary N) is 2. The van der Waals surface area contributed by atoms with Crippen LogP contribution in [0.2, 0.25) is 0 Å². The van der Waals surface area contributed by atoms with Crippen molar-refractivity contribution in [3.63, 3.8) is 0 Å². The number of aromatic carboxylic acids is 1. The van der Waals surface area contributed by atoms with Crippen molar-refractivity contribution >= 4 is 40.1 Å². The third kappa shape index (κ3) is 7.25. The first-order valence-corrected chi connectivity index (χ1v) is 14.9. The highest BCUT2D eigenvalue weighted by atomic mass is 16.5. The van der Waals surface area contributed by atoms with Gasteiger partial charge in [0.2, 0.25) is 0 Å². The minimum Gasteiger partial charge on any atom is -0.486 e. The maximum atomic E-state index is 13.8. The number of carbonyl (C=O) groups excluding carboxylic acids is 2. The van der Waals surface area contributed by atoms with Crippen molar-refractivity contribution in [2.45, 2.75) is 32.5 Å². The zero-order chi connectivity index (χ0) is 32.1. The molecule has 1 aliphatic heterocycles. The highest BCUT2D eigenvalue weighted by Crippen LogP contribution is 2.35. The van der Waals surface area contributed by atoms with Crippen molar-refractivity contribution in [2.24, 2.45) is 5.92 Å². The van der Waals surface area contributed by atoms with Gasteiger partial charge in [-0.2, -0.15) is 0 Å². The summed E-state index contributed by atoms with van der Waals surface area (Å²) in [6.07, 6.45) is -0.391. The summed E-state index contributed by atoms with van der Waals surface area (Å²) >= 11 is 0. The van der Waals surface area contributed by atoms with Gasteiger partial charge in [0.05, 0.1) is 35.2 Å². The Kier molecular flexibility index (Phi) is 9.65. The number of hydrogen-bond donors (Lipinski definition) is 4. The molecule has 0 unspecified atom stereocenters. The molecular weight excluding hydrogens is 572 g/mol. The molecule has 4 aromatic carbocycles. The Morgan fingerprint density at radius 3 is 2.38 bits per heavy atom. The maximum Gasteiger partial charge on any atom is 0.335 e. The van der Waals surface area contributed by atoms with Gasteiger partial charge in [0, 0.05) is 30.9 Å². The molecule has 4 N–H and O–H groups in total. The van der Waals surface area contributed by atoms with Gasteiger partial charge in [-0.3, -0.25) is 9.69 Å². The standard InChI is InChI=1S/C35H38N4O6/c1-22-18-39(23(2)21-40)33(41)28-11-7-13-30(37-35(44)36-29-12-6-9-25-8-4-5-10-27(25)29)32(28)45-31(22)20-38(3)19-24-14-16-26(17-15-24)34(42)43/h4-17,22-23,31,40H,18-21H2,1-3H3,(H,42,43)(H2,36,37,44)/t22-,23-,31-/m1/s1. The molecule has 0 saturated carbocycles. The van der Waals surface area contributed by atoms with Crippen LogP contribution in [0.15, 0.2) is 84.9 Å². The zero-order valence-electron chi connectivity index (χ0n) is 25.6. The van der Waals surface area contributed by atoms with Crippen molar-refractivity contribution in [1.29, 1.82) is 0 Å². The summed E-state index contributed by atoms with van der Waals surface area (Å²) in [6, 6.07) is 24.3. The van der Waals surface area contributed by atoms with E-state index in [9.17, 15) is 24.6 Å². The molecule has 0 radical (unpaired) electrons. The fourth-order valence-electron chi connectivity index (χ4n) is 5.61. The lowest BCUT2D eigenvalue weighted by molar-refractivity contribution is 0.0343. The van der Waals surface area contributed by atoms with Gasteiger partial charge in [-0.25, -0.2) is 9.59 Å². The van der Waals surface area contributed by atoms with Crippen LogP contribution in [0.3, 0.4) is 0 Å². The molecule has 234 valence electrons. The highest BCUT2D eigenvalue weighted by molar-refractivity contribution is 6.08. The maximum absolute atomic E-state index is 13.8. The summed E-state index contributed by atoms with van der Waals surface area (Å²) in [7, 11) is 1.95. The Bertz CT molecular complexity index is 1690. The third-order valence-electron chi connectivity index (χ3n) is 8.12. The Morgan fingerprint density at radius 1 is 0.978 bits per heavy atom. The summed E-state index contributed by atoms with van der Waals surface area (Å²) < 4.78 is 6.62. The lowest BCUT2D eigenvalue weighted by Crippen LogP contribution is -2.49. The Morgan fingerprint density at radius 2 is 1.64 bits per heavy atom. The van der Waals surface area contributed by atoms with E-state index in [1.807, 2.05) is 56.4 Å². The van der Waals surface area contributed by atoms with Crippen LogP contribution < -0.4 is 15.4 Å². The number of carbonyl (C=O) groups is 3. The average molecular weight is 611 g/mol. The number of carboxylic acids is 1. The number of carboxylic acid groups (broad SMARTS) is 1. The quantitative estimate of drug-likeness (QED) is 0.196. The molecule has 0 aliphatic carbocycles. The van der Waals surface area contributed by atoms with Crippen molar-refractivity contribution < 1.29 is 29.3 Å². The van der Waals surface area contributed by atoms with Crippen molar-refractivity contribution in [3.05, 3.63) is 102 Å². The molecule has 3 amide bonds. The molecule has 0 saturated heterocycles. The van der Waals surface area contributed by atoms with Crippen molar-refractivity contribution in [1.82, 2.24) is 9.80 Å². The minimum atomic E-state index is -0.975. The summed E-state index contributed by atoms with van der Waals surface area (Å²) in [6.45, 7) is 4.99. The lowest BCUT2D eigenvalue weighted by Gasteiger charge is -2.38. The van der Waals surface area contributed by atoms with Gasteiger partial charge < -0.3 is 30.5 Å². The van der Waals surface area contributed by atoms with Crippen molar-refractivity contribution in [3.8, 4) is 5.75 Å². The van der Waals surface area contributed by atoms with Crippen LogP contribution in [-0.2, 0) is 6.54 Å². The number of aliphatic hydroxyl groups excluding tert-OH is 1. The molecule has 3 atom stereocenters. The number of amides is 3. The number of aliphatic hydroxyl groups is 1. The molecule has 10 heteroatoms. The SMILES string of the molecule is C[C@@H]1CN([C@H](C)CO)C(=O)c2cccc(NC(=O)Nc3cccc4ccccc34)c2O[C@@H]1CN(C)Cc1ccc(C(=O)O)cc1. The van der Waals surface area contributed by atoms with Crippen LogP contribution in [0.5, 0.6) is 5.75 Å². The first kappa shape index (κ1) is 31.5. The minimum absolute atomic E-state index is 0.134. The van der Waals surface area contributed by atoms with Gasteiger partial charge in [-0.05, 0) is 55.3 Å². The van der Waals surface area contributed by atoms with Gasteiger partial charge in [0.15, 0.2) is 5.75 Å². The Hall–Kier alpha value is -4.93. The second-order valence-corrected chi connectivity index (χ2v) is 11.6. The number of rotatable bonds is 9. The van der Waals surface area contributed by atoms with E-state index in [1.54, 1.807) is 54.3 Å². The zero-order valence-corrected chi connectivity index (χ0v) is 25.6. The number of ether oxygens (including phenoxy) is 1. The first-order chi connectivity index (χ1) is 21.6. The number of urea groups is 1. The largest absolute Gasteiger partial charge is 0.486 e. The van der Waals surface area contributed by atoms with Gasteiger partial charge in [-0.15, -0.1) is 0 Å². The van der Waals surface area contributed by atoms with E-state index in [1.165, 1.54) is 0 Å². The molecule has 4 aromatic rings. The van der Waals surface area contributed by atoms with Gasteiger partial charge in [0.25, 0.3) is 5.91 Å². The number of anilines is 2. The summed E-state index contributed by atoms with van der Waals surface area (Å²) in [5.41, 5.74) is 2.46. The predicted octanol–water partition coefficient (Wildman–Crippen LogP) is 5.53. The van der Waals surface area contributed by atoms with Crippen LogP contribution in [-0.4, -0.2) is 76.8 Å². The Balaban J connectivity index is 1.42. The van der Waals surface area contributed by atoms with Crippen LogP contribution in [0.1, 0.15) is 40.1 Å². The normalized spacial score (nSPS) is 17.2. The van der Waals surface area contributed by atoms with Crippen LogP contribution in [0, 0.1) is 5.92 Å². The van der Waals surface area contributed by atoms with Gasteiger partial charge >= 0.3 is 12.0 Å². The molecule has 5 rings (SSSR count). The molecule has 0 bridgehead atoms. The van der Waals surface area contributed by atoms with E-state index in [0.717, 1.165) is 16.3 Å². The van der Waals surface area contributed by atoms with Crippen LogP contribution in [0.4, 0.5) is 16.2 Å². The van der Waals surface area contributed by atoms with E-state index in [4.69, 9.17) is 4.74 Å². The molecular formula is C35H38N4O6. The fourth-order valence-corrected chi connectivity index (χ4v) is 5.61. The average Bonchev–Trinajstić information content (AvgIpc) is 3.03. The molecule has 45 heavy (non-hydrogen) atoms. The molecule has 0 spiro atoms. The van der Waals surface area contributed by atoms with Crippen LogP contribution in [0.25, 0.3) is 10.8 Å². The number of likely N-dealkylation sites (N-methyl/N-ethyl adjacent to an activating group) is 1. The van der Waals surface area contributed by atoms with E-state index in [2.05, 4.69) is 15.5 Å². The van der Waals surface area contributed by atoms with Gasteiger partial charge in [-0.1, -0.05) is 61.5 Å². The third-order valence-corrected chi connectivity index (χ3v) is 8.12. The number of fused-ring (bicyclic) bond motifs is 2. The number of hydrogen-bond acceptors (Lipinski definition) is 6. The first-order valence-electron chi connectivity index (χ1n) is 14.9. The van der Waals surface area contributed by atoms with E-state index < -0.39 is 24.1 Å². The Labute approximate surface area is 262 Å². The fraction of sp³-hybridized carbons (Fsp3) is 0.286. The monoisotopic (exact) mass is 610 g/mol. The lowest BCUT2D eigenvalue weighted by atomic mass is 9.98. The number of nitrogens with zero attached hydrogens (tertiary/aromatic N) is 2. The second kappa shape index (κ2) is 13.8. The van der Waals surface area contributed by atoms with E-state index in [0.29, 0.717) is 36.6 Å². The molecule has 10 nitrogen and oxygen atoms in total.